The van der Waals surface area contributed by atoms with Gasteiger partial charge in [-0.15, -0.1) is 0 Å². The molecule has 0 saturated heterocycles. The second-order valence-corrected chi connectivity index (χ2v) is 8.68. The average Bonchev–Trinajstić information content (AvgIpc) is 2.90. The lowest BCUT2D eigenvalue weighted by Gasteiger charge is -2.23. The Balaban J connectivity index is 1.60. The molecule has 0 fully saturated rings. The fraction of sp³-hybridized carbons (Fsp3) is 0.276. The molecule has 3 rings (SSSR count). The first-order valence-corrected chi connectivity index (χ1v) is 12.8. The highest BCUT2D eigenvalue weighted by Crippen LogP contribution is 2.22. The van der Waals surface area contributed by atoms with Gasteiger partial charge in [-0.2, -0.15) is 0 Å². The van der Waals surface area contributed by atoms with Crippen LogP contribution in [0.15, 0.2) is 78.9 Å². The van der Waals surface area contributed by atoms with Gasteiger partial charge in [0.25, 0.3) is 11.8 Å². The normalized spacial score (nSPS) is 10.4. The van der Waals surface area contributed by atoms with Crippen molar-refractivity contribution in [3.8, 4) is 5.75 Å². The van der Waals surface area contributed by atoms with Crippen molar-refractivity contribution in [3.05, 3.63) is 90.0 Å². The van der Waals surface area contributed by atoms with E-state index in [2.05, 4.69) is 17.6 Å². The molecule has 0 spiro atoms. The summed E-state index contributed by atoms with van der Waals surface area (Å²) in [6, 6.07) is 23.6. The number of anilines is 2. The smallest absolute Gasteiger partial charge is 0.260 e. The van der Waals surface area contributed by atoms with Crippen LogP contribution in [0.4, 0.5) is 11.4 Å². The number of nitrogens with one attached hydrogen (secondary N) is 2. The van der Waals surface area contributed by atoms with Crippen LogP contribution in [0.3, 0.4) is 0 Å². The van der Waals surface area contributed by atoms with E-state index in [-0.39, 0.29) is 16.9 Å². The molecule has 0 atom stereocenters. The fourth-order valence-corrected chi connectivity index (χ4v) is 3.93. The van der Waals surface area contributed by atoms with Gasteiger partial charge in [0.05, 0.1) is 17.9 Å². The third kappa shape index (κ3) is 7.65. The van der Waals surface area contributed by atoms with Gasteiger partial charge in [-0.3, -0.25) is 14.9 Å². The van der Waals surface area contributed by atoms with E-state index < -0.39 is 0 Å². The van der Waals surface area contributed by atoms with E-state index in [1.165, 1.54) is 12.8 Å². The number of carbonyl (C=O) groups excluding carboxylic acids is 2. The van der Waals surface area contributed by atoms with Crippen molar-refractivity contribution in [2.45, 2.75) is 39.5 Å². The van der Waals surface area contributed by atoms with Gasteiger partial charge in [0, 0.05) is 17.8 Å². The van der Waals surface area contributed by atoms with Crippen molar-refractivity contribution in [1.82, 2.24) is 5.32 Å². The lowest BCUT2D eigenvalue weighted by atomic mass is 10.1. The molecule has 0 saturated carbocycles. The molecule has 2 amide bonds. The third-order valence-electron chi connectivity index (χ3n) is 5.65. The van der Waals surface area contributed by atoms with Gasteiger partial charge in [0.15, 0.2) is 5.11 Å². The quantitative estimate of drug-likeness (QED) is 0.233. The summed E-state index contributed by atoms with van der Waals surface area (Å²) in [7, 11) is 0. The van der Waals surface area contributed by atoms with Crippen molar-refractivity contribution >= 4 is 40.5 Å². The number of hydrogen-bond acceptors (Lipinski definition) is 4. The predicted octanol–water partition coefficient (Wildman–Crippen LogP) is 6.44. The number of para-hydroxylation sites is 2. The minimum absolute atomic E-state index is 0.110. The lowest BCUT2D eigenvalue weighted by Crippen LogP contribution is -2.35. The molecule has 7 heteroatoms. The molecule has 188 valence electrons. The van der Waals surface area contributed by atoms with E-state index in [9.17, 15) is 9.59 Å². The first-order valence-electron chi connectivity index (χ1n) is 12.3. The minimum Gasteiger partial charge on any atom is -0.494 e. The Morgan fingerprint density at radius 2 is 1.56 bits per heavy atom. The van der Waals surface area contributed by atoms with Crippen molar-refractivity contribution in [1.29, 1.82) is 0 Å². The molecule has 0 heterocycles. The largest absolute Gasteiger partial charge is 0.494 e. The van der Waals surface area contributed by atoms with Gasteiger partial charge in [-0.25, -0.2) is 0 Å². The summed E-state index contributed by atoms with van der Waals surface area (Å²) in [5.74, 6) is 0.228. The molecule has 3 aromatic carbocycles. The predicted molar refractivity (Wildman–Crippen MR) is 150 cm³/mol. The second-order valence-electron chi connectivity index (χ2n) is 8.27. The number of carbonyl (C=O) groups is 2. The van der Waals surface area contributed by atoms with Crippen LogP contribution in [0.1, 0.15) is 60.2 Å². The SMILES string of the molecule is CCCCCCOc1ccc(C(=O)NC(=S)Nc2ccccc2C(=O)N(CC)c2ccccc2)cc1. The van der Waals surface area contributed by atoms with Gasteiger partial charge in [-0.1, -0.05) is 56.5 Å². The molecular weight excluding hydrogens is 470 g/mol. The Kier molecular flexibility index (Phi) is 10.5. The van der Waals surface area contributed by atoms with Crippen molar-refractivity contribution in [2.75, 3.05) is 23.4 Å². The van der Waals surface area contributed by atoms with Crippen LogP contribution in [-0.2, 0) is 0 Å². The van der Waals surface area contributed by atoms with Crippen LogP contribution in [-0.4, -0.2) is 30.1 Å². The highest BCUT2D eigenvalue weighted by molar-refractivity contribution is 7.80. The summed E-state index contributed by atoms with van der Waals surface area (Å²) in [6.07, 6.45) is 4.56. The number of benzene rings is 3. The second kappa shape index (κ2) is 14.0. The summed E-state index contributed by atoms with van der Waals surface area (Å²) in [4.78, 5) is 27.7. The fourth-order valence-electron chi connectivity index (χ4n) is 3.73. The van der Waals surface area contributed by atoms with Gasteiger partial charge < -0.3 is 15.0 Å². The molecule has 0 radical (unpaired) electrons. The van der Waals surface area contributed by atoms with Gasteiger partial charge in [0.2, 0.25) is 0 Å². The highest BCUT2D eigenvalue weighted by atomic mass is 32.1. The van der Waals surface area contributed by atoms with E-state index in [0.29, 0.717) is 30.0 Å². The van der Waals surface area contributed by atoms with Crippen LogP contribution in [0.2, 0.25) is 0 Å². The third-order valence-corrected chi connectivity index (χ3v) is 5.85. The lowest BCUT2D eigenvalue weighted by molar-refractivity contribution is 0.0974. The van der Waals surface area contributed by atoms with Crippen LogP contribution in [0.25, 0.3) is 0 Å². The van der Waals surface area contributed by atoms with Gasteiger partial charge >= 0.3 is 0 Å². The zero-order valence-electron chi connectivity index (χ0n) is 20.8. The zero-order valence-corrected chi connectivity index (χ0v) is 21.6. The Labute approximate surface area is 218 Å². The molecule has 6 nitrogen and oxygen atoms in total. The molecule has 36 heavy (non-hydrogen) atoms. The molecule has 0 bridgehead atoms. The molecule has 0 aliphatic heterocycles. The zero-order chi connectivity index (χ0) is 25.8. The molecule has 0 unspecified atom stereocenters. The number of hydrogen-bond donors (Lipinski definition) is 2. The van der Waals surface area contributed by atoms with Gasteiger partial charge in [-0.05, 0) is 74.1 Å². The summed E-state index contributed by atoms with van der Waals surface area (Å²) in [5, 5.41) is 5.80. The monoisotopic (exact) mass is 503 g/mol. The molecule has 0 aliphatic carbocycles. The number of amides is 2. The van der Waals surface area contributed by atoms with Crippen LogP contribution < -0.4 is 20.3 Å². The van der Waals surface area contributed by atoms with E-state index >= 15 is 0 Å². The number of rotatable bonds is 11. The summed E-state index contributed by atoms with van der Waals surface area (Å²) in [6.45, 7) is 5.28. The maximum absolute atomic E-state index is 13.3. The average molecular weight is 504 g/mol. The first kappa shape index (κ1) is 26.9. The number of thiocarbonyl (C=S) groups is 1. The number of nitrogens with zero attached hydrogens (tertiary/aromatic N) is 1. The standard InChI is InChI=1S/C29H33N3O3S/c1-3-5-6-12-21-35-24-19-17-22(18-20-24)27(33)31-29(36)30-26-16-11-10-15-25(26)28(34)32(4-2)23-13-8-7-9-14-23/h7-11,13-20H,3-6,12,21H2,1-2H3,(H2,30,31,33,36). The minimum atomic E-state index is -0.342. The summed E-state index contributed by atoms with van der Waals surface area (Å²) in [5.41, 5.74) is 2.25. The maximum Gasteiger partial charge on any atom is 0.260 e. The van der Waals surface area contributed by atoms with Crippen LogP contribution in [0.5, 0.6) is 5.75 Å². The van der Waals surface area contributed by atoms with Gasteiger partial charge in [0.1, 0.15) is 5.75 Å². The van der Waals surface area contributed by atoms with Crippen molar-refractivity contribution < 1.29 is 14.3 Å². The highest BCUT2D eigenvalue weighted by Gasteiger charge is 2.20. The van der Waals surface area contributed by atoms with E-state index in [1.807, 2.05) is 43.3 Å². The molecule has 3 aromatic rings. The van der Waals surface area contributed by atoms with E-state index in [0.717, 1.165) is 24.3 Å². The Morgan fingerprint density at radius 3 is 2.25 bits per heavy atom. The van der Waals surface area contributed by atoms with Crippen molar-refractivity contribution in [3.63, 3.8) is 0 Å². The summed E-state index contributed by atoms with van der Waals surface area (Å²) >= 11 is 5.37. The Bertz CT molecular complexity index is 1150. The Hall–Kier alpha value is -3.71. The first-order chi connectivity index (χ1) is 17.5. The number of ether oxygens (including phenoxy) is 1. The van der Waals surface area contributed by atoms with E-state index in [1.54, 1.807) is 47.4 Å². The van der Waals surface area contributed by atoms with Crippen LogP contribution >= 0.6 is 12.2 Å². The van der Waals surface area contributed by atoms with Crippen molar-refractivity contribution in [2.24, 2.45) is 0 Å². The molecule has 2 N–H and O–H groups in total. The molecule has 0 aromatic heterocycles. The number of unbranched alkanes of at least 4 members (excludes halogenated alkanes) is 3. The topological polar surface area (TPSA) is 70.7 Å². The Morgan fingerprint density at radius 1 is 0.861 bits per heavy atom. The maximum atomic E-state index is 13.3. The molecular formula is C29H33N3O3S. The summed E-state index contributed by atoms with van der Waals surface area (Å²) < 4.78 is 5.74. The van der Waals surface area contributed by atoms with E-state index in [4.69, 9.17) is 17.0 Å². The van der Waals surface area contributed by atoms with Crippen LogP contribution in [0, 0.1) is 0 Å². The molecule has 0 aliphatic rings.